The SMILES string of the molecule is CCOC(=O)c1sc(C(C)NC(=NC)NCC(C)N2CCOCC2C)nc1C. The molecule has 28 heavy (non-hydrogen) atoms. The predicted octanol–water partition coefficient (Wildman–Crippen LogP) is 1.96. The smallest absolute Gasteiger partial charge is 0.350 e. The molecule has 3 atom stereocenters. The van der Waals surface area contributed by atoms with Crippen molar-refractivity contribution < 1.29 is 14.3 Å². The van der Waals surface area contributed by atoms with E-state index >= 15 is 0 Å². The molecule has 0 bridgehead atoms. The number of rotatable bonds is 7. The minimum Gasteiger partial charge on any atom is -0.462 e. The zero-order valence-corrected chi connectivity index (χ0v) is 18.6. The molecular weight excluding hydrogens is 378 g/mol. The van der Waals surface area contributed by atoms with Crippen molar-refractivity contribution in [3.05, 3.63) is 15.6 Å². The summed E-state index contributed by atoms with van der Waals surface area (Å²) in [6, 6.07) is 0.708. The molecule has 1 fully saturated rings. The topological polar surface area (TPSA) is 88.1 Å². The monoisotopic (exact) mass is 411 g/mol. The molecule has 9 heteroatoms. The Labute approximate surface area is 171 Å². The summed E-state index contributed by atoms with van der Waals surface area (Å²) < 4.78 is 10.6. The number of guanidine groups is 1. The molecule has 0 amide bonds. The largest absolute Gasteiger partial charge is 0.462 e. The summed E-state index contributed by atoms with van der Waals surface area (Å²) in [5.41, 5.74) is 0.699. The highest BCUT2D eigenvalue weighted by Gasteiger charge is 2.24. The van der Waals surface area contributed by atoms with Crippen molar-refractivity contribution >= 4 is 23.3 Å². The number of nitrogens with zero attached hydrogens (tertiary/aromatic N) is 3. The fraction of sp³-hybridized carbons (Fsp3) is 0.737. The van der Waals surface area contributed by atoms with Gasteiger partial charge in [-0.15, -0.1) is 11.3 Å². The second-order valence-corrected chi connectivity index (χ2v) is 8.05. The van der Waals surface area contributed by atoms with Crippen LogP contribution in [-0.2, 0) is 9.47 Å². The van der Waals surface area contributed by atoms with Crippen LogP contribution in [-0.4, -0.2) is 73.9 Å². The number of nitrogens with one attached hydrogen (secondary N) is 2. The number of esters is 1. The maximum absolute atomic E-state index is 12.0. The number of hydrogen-bond donors (Lipinski definition) is 2. The predicted molar refractivity (Wildman–Crippen MR) is 112 cm³/mol. The fourth-order valence-corrected chi connectivity index (χ4v) is 4.17. The van der Waals surface area contributed by atoms with Crippen LogP contribution in [0.2, 0.25) is 0 Å². The molecule has 0 aromatic carbocycles. The van der Waals surface area contributed by atoms with E-state index in [-0.39, 0.29) is 12.0 Å². The molecule has 1 aromatic heterocycles. The minimum atomic E-state index is -0.313. The number of aryl methyl sites for hydroxylation is 1. The molecule has 2 heterocycles. The standard InChI is InChI=1S/C19H33N5O3S/c1-7-27-18(25)16-14(4)22-17(28-16)15(5)23-19(20-6)21-10-12(2)24-8-9-26-11-13(24)3/h12-13,15H,7-11H2,1-6H3,(H2,20,21,23). The van der Waals surface area contributed by atoms with E-state index in [1.807, 2.05) is 13.8 Å². The number of carbonyl (C=O) groups excluding carboxylic acids is 1. The van der Waals surface area contributed by atoms with Gasteiger partial charge in [0, 0.05) is 32.2 Å². The summed E-state index contributed by atoms with van der Waals surface area (Å²) in [6.45, 7) is 13.7. The molecule has 8 nitrogen and oxygen atoms in total. The Kier molecular flexibility index (Phi) is 8.65. The summed E-state index contributed by atoms with van der Waals surface area (Å²) in [6.07, 6.45) is 0. The van der Waals surface area contributed by atoms with Gasteiger partial charge < -0.3 is 20.1 Å². The van der Waals surface area contributed by atoms with Gasteiger partial charge in [0.25, 0.3) is 0 Å². The summed E-state index contributed by atoms with van der Waals surface area (Å²) in [4.78, 5) is 23.9. The normalized spacial score (nSPS) is 20.5. The lowest BCUT2D eigenvalue weighted by atomic mass is 10.2. The van der Waals surface area contributed by atoms with Gasteiger partial charge in [-0.2, -0.15) is 0 Å². The van der Waals surface area contributed by atoms with Crippen LogP contribution in [0.25, 0.3) is 0 Å². The van der Waals surface area contributed by atoms with Gasteiger partial charge in [0.2, 0.25) is 0 Å². The highest BCUT2D eigenvalue weighted by molar-refractivity contribution is 7.13. The van der Waals surface area contributed by atoms with Crippen LogP contribution < -0.4 is 10.6 Å². The Bertz CT molecular complexity index is 679. The van der Waals surface area contributed by atoms with Crippen molar-refractivity contribution in [1.82, 2.24) is 20.5 Å². The number of aliphatic imine (C=N–C) groups is 1. The first-order valence-electron chi connectivity index (χ1n) is 9.82. The van der Waals surface area contributed by atoms with E-state index in [9.17, 15) is 4.79 Å². The minimum absolute atomic E-state index is 0.0734. The van der Waals surface area contributed by atoms with Crippen LogP contribution >= 0.6 is 11.3 Å². The Morgan fingerprint density at radius 1 is 1.50 bits per heavy atom. The van der Waals surface area contributed by atoms with E-state index in [2.05, 4.69) is 39.4 Å². The highest BCUT2D eigenvalue weighted by atomic mass is 32.1. The third-order valence-corrected chi connectivity index (χ3v) is 6.09. The van der Waals surface area contributed by atoms with E-state index in [1.54, 1.807) is 14.0 Å². The molecular formula is C19H33N5O3S. The van der Waals surface area contributed by atoms with Crippen molar-refractivity contribution in [2.45, 2.75) is 52.7 Å². The van der Waals surface area contributed by atoms with Gasteiger partial charge in [0.15, 0.2) is 5.96 Å². The zero-order chi connectivity index (χ0) is 20.7. The molecule has 1 aliphatic rings. The summed E-state index contributed by atoms with van der Waals surface area (Å²) >= 11 is 1.36. The number of morpholine rings is 1. The van der Waals surface area contributed by atoms with Gasteiger partial charge in [0.1, 0.15) is 9.88 Å². The maximum atomic E-state index is 12.0. The second kappa shape index (κ2) is 10.7. The second-order valence-electron chi connectivity index (χ2n) is 7.02. The first-order valence-corrected chi connectivity index (χ1v) is 10.6. The van der Waals surface area contributed by atoms with Crippen molar-refractivity contribution in [2.75, 3.05) is 40.0 Å². The van der Waals surface area contributed by atoms with Gasteiger partial charge >= 0.3 is 5.97 Å². The first-order chi connectivity index (χ1) is 13.4. The molecule has 0 saturated carbocycles. The maximum Gasteiger partial charge on any atom is 0.350 e. The number of carbonyl (C=O) groups is 1. The van der Waals surface area contributed by atoms with Gasteiger partial charge in [-0.25, -0.2) is 9.78 Å². The first kappa shape index (κ1) is 22.6. The lowest BCUT2D eigenvalue weighted by molar-refractivity contribution is -0.0174. The summed E-state index contributed by atoms with van der Waals surface area (Å²) in [5.74, 6) is 0.401. The molecule has 3 unspecified atom stereocenters. The van der Waals surface area contributed by atoms with E-state index < -0.39 is 0 Å². The molecule has 2 rings (SSSR count). The van der Waals surface area contributed by atoms with Gasteiger partial charge in [-0.1, -0.05) is 0 Å². The summed E-state index contributed by atoms with van der Waals surface area (Å²) in [5, 5.41) is 7.58. The number of ether oxygens (including phenoxy) is 2. The van der Waals surface area contributed by atoms with E-state index in [4.69, 9.17) is 9.47 Å². The Balaban J connectivity index is 1.91. The van der Waals surface area contributed by atoms with Crippen molar-refractivity contribution in [3.63, 3.8) is 0 Å². The number of thiazole rings is 1. The molecule has 2 N–H and O–H groups in total. The highest BCUT2D eigenvalue weighted by Crippen LogP contribution is 2.24. The van der Waals surface area contributed by atoms with Crippen LogP contribution in [0, 0.1) is 6.92 Å². The zero-order valence-electron chi connectivity index (χ0n) is 17.7. The molecule has 158 valence electrons. The molecule has 1 aliphatic heterocycles. The Morgan fingerprint density at radius 3 is 2.89 bits per heavy atom. The quantitative estimate of drug-likeness (QED) is 0.403. The van der Waals surface area contributed by atoms with Crippen LogP contribution in [0.3, 0.4) is 0 Å². The van der Waals surface area contributed by atoms with Crippen LogP contribution in [0.4, 0.5) is 0 Å². The molecule has 1 aromatic rings. The van der Waals surface area contributed by atoms with Crippen LogP contribution in [0.1, 0.15) is 54.1 Å². The van der Waals surface area contributed by atoms with E-state index in [1.165, 1.54) is 11.3 Å². The van der Waals surface area contributed by atoms with Crippen LogP contribution in [0.15, 0.2) is 4.99 Å². The number of hydrogen-bond acceptors (Lipinski definition) is 7. The Morgan fingerprint density at radius 2 is 2.25 bits per heavy atom. The van der Waals surface area contributed by atoms with Crippen molar-refractivity contribution in [2.24, 2.45) is 4.99 Å². The molecule has 0 aliphatic carbocycles. The van der Waals surface area contributed by atoms with Gasteiger partial charge in [-0.05, 0) is 34.6 Å². The average molecular weight is 412 g/mol. The van der Waals surface area contributed by atoms with Crippen molar-refractivity contribution in [3.8, 4) is 0 Å². The lowest BCUT2D eigenvalue weighted by Gasteiger charge is -2.38. The fourth-order valence-electron chi connectivity index (χ4n) is 3.21. The van der Waals surface area contributed by atoms with Crippen LogP contribution in [0.5, 0.6) is 0 Å². The average Bonchev–Trinajstić information content (AvgIpc) is 3.07. The molecule has 1 saturated heterocycles. The van der Waals surface area contributed by atoms with Gasteiger partial charge in [-0.3, -0.25) is 9.89 Å². The third-order valence-electron chi connectivity index (χ3n) is 4.77. The van der Waals surface area contributed by atoms with Crippen molar-refractivity contribution in [1.29, 1.82) is 0 Å². The van der Waals surface area contributed by atoms with E-state index in [0.29, 0.717) is 35.2 Å². The molecule has 0 radical (unpaired) electrons. The Hall–Kier alpha value is -1.71. The summed E-state index contributed by atoms with van der Waals surface area (Å²) in [7, 11) is 1.75. The number of aromatic nitrogens is 1. The van der Waals surface area contributed by atoms with Gasteiger partial charge in [0.05, 0.1) is 31.6 Å². The lowest BCUT2D eigenvalue weighted by Crippen LogP contribution is -2.53. The third kappa shape index (κ3) is 5.89. The molecule has 0 spiro atoms. The van der Waals surface area contributed by atoms with E-state index in [0.717, 1.165) is 31.3 Å².